The highest BCUT2D eigenvalue weighted by Gasteiger charge is 2.43. The van der Waals surface area contributed by atoms with Crippen LogP contribution < -0.4 is 0 Å². The Morgan fingerprint density at radius 2 is 1.70 bits per heavy atom. The van der Waals surface area contributed by atoms with Crippen LogP contribution >= 0.6 is 0 Å². The van der Waals surface area contributed by atoms with E-state index >= 15 is 0 Å². The van der Waals surface area contributed by atoms with Crippen LogP contribution in [0.2, 0.25) is 0 Å². The minimum atomic E-state index is -0.637. The van der Waals surface area contributed by atoms with Crippen molar-refractivity contribution in [3.05, 3.63) is 113 Å². The van der Waals surface area contributed by atoms with Crippen LogP contribution in [-0.4, -0.2) is 26.7 Å². The van der Waals surface area contributed by atoms with Crippen molar-refractivity contribution in [2.45, 2.75) is 45.2 Å². The predicted molar refractivity (Wildman–Crippen MR) is 127 cm³/mol. The second-order valence-corrected chi connectivity index (χ2v) is 8.69. The van der Waals surface area contributed by atoms with Crippen molar-refractivity contribution in [1.29, 1.82) is 0 Å². The monoisotopic (exact) mass is 440 g/mol. The van der Waals surface area contributed by atoms with Gasteiger partial charge < -0.3 is 10.0 Å². The number of carbonyl (C=O) groups excluding carboxylic acids is 2. The topological polar surface area (TPSA) is 70.5 Å². The van der Waals surface area contributed by atoms with E-state index in [4.69, 9.17) is 0 Å². The molecule has 1 N–H and O–H groups in total. The highest BCUT2D eigenvalue weighted by molar-refractivity contribution is 6.09. The molecule has 33 heavy (non-hydrogen) atoms. The lowest BCUT2D eigenvalue weighted by Gasteiger charge is -2.27. The molecule has 2 heterocycles. The number of aliphatic hydroxyl groups excluding tert-OH is 1. The first kappa shape index (κ1) is 22.5. The largest absolute Gasteiger partial charge is 0.503 e. The molecule has 168 valence electrons. The van der Waals surface area contributed by atoms with Gasteiger partial charge in [0.1, 0.15) is 0 Å². The molecule has 0 saturated heterocycles. The van der Waals surface area contributed by atoms with Gasteiger partial charge in [-0.05, 0) is 40.7 Å². The minimum absolute atomic E-state index is 0.178. The van der Waals surface area contributed by atoms with Crippen molar-refractivity contribution in [3.63, 3.8) is 0 Å². The molecule has 1 aliphatic heterocycles. The lowest BCUT2D eigenvalue weighted by Crippen LogP contribution is -2.30. The van der Waals surface area contributed by atoms with E-state index in [1.54, 1.807) is 17.3 Å². The fourth-order valence-corrected chi connectivity index (χ4v) is 4.24. The van der Waals surface area contributed by atoms with E-state index in [0.29, 0.717) is 12.3 Å². The predicted octanol–water partition coefficient (Wildman–Crippen LogP) is 5.30. The van der Waals surface area contributed by atoms with Crippen LogP contribution in [0.15, 0.2) is 90.5 Å². The molecule has 0 aliphatic carbocycles. The van der Waals surface area contributed by atoms with Gasteiger partial charge in [-0.15, -0.1) is 0 Å². The zero-order valence-electron chi connectivity index (χ0n) is 18.9. The van der Waals surface area contributed by atoms with Crippen LogP contribution in [0.5, 0.6) is 0 Å². The second kappa shape index (κ2) is 9.82. The number of amides is 1. The molecule has 1 amide bonds. The Morgan fingerprint density at radius 3 is 2.33 bits per heavy atom. The van der Waals surface area contributed by atoms with Crippen molar-refractivity contribution >= 4 is 11.7 Å². The van der Waals surface area contributed by atoms with E-state index in [0.717, 1.165) is 16.7 Å². The third kappa shape index (κ3) is 4.87. The van der Waals surface area contributed by atoms with Gasteiger partial charge >= 0.3 is 0 Å². The van der Waals surface area contributed by atoms with Crippen molar-refractivity contribution in [2.75, 3.05) is 0 Å². The summed E-state index contributed by atoms with van der Waals surface area (Å²) in [6, 6.07) is 20.7. The summed E-state index contributed by atoms with van der Waals surface area (Å²) >= 11 is 0. The van der Waals surface area contributed by atoms with Crippen LogP contribution in [-0.2, 0) is 22.6 Å². The highest BCUT2D eigenvalue weighted by atomic mass is 16.3. The zero-order valence-corrected chi connectivity index (χ0v) is 18.9. The summed E-state index contributed by atoms with van der Waals surface area (Å²) in [5.41, 5.74) is 4.04. The van der Waals surface area contributed by atoms with E-state index in [1.165, 1.54) is 5.56 Å². The fraction of sp³-hybridized carbons (Fsp3) is 0.250. The van der Waals surface area contributed by atoms with E-state index in [2.05, 4.69) is 18.8 Å². The molecule has 5 nitrogen and oxygen atoms in total. The number of aromatic nitrogens is 1. The summed E-state index contributed by atoms with van der Waals surface area (Å²) in [6.45, 7) is 4.49. The first-order valence-electron chi connectivity index (χ1n) is 11.3. The van der Waals surface area contributed by atoms with Gasteiger partial charge in [-0.3, -0.25) is 14.6 Å². The maximum absolute atomic E-state index is 13.3. The van der Waals surface area contributed by atoms with Crippen LogP contribution in [0.25, 0.3) is 0 Å². The molecular weight excluding hydrogens is 412 g/mol. The lowest BCUT2D eigenvalue weighted by molar-refractivity contribution is -0.130. The first-order chi connectivity index (χ1) is 16.0. The minimum Gasteiger partial charge on any atom is -0.503 e. The standard InChI is InChI=1S/C28H28N2O3/c1-19(2)22-11-13-23(14-12-22)26-25(24(31)15-10-20-7-4-3-5-8-20)27(32)28(33)30(26)18-21-9-6-16-29-17-21/h3-9,11-14,16-17,19,26,32H,10,15,18H2,1-2H3. The van der Waals surface area contributed by atoms with Gasteiger partial charge in [0.2, 0.25) is 0 Å². The summed E-state index contributed by atoms with van der Waals surface area (Å²) in [5.74, 6) is -0.822. The molecule has 3 aromatic rings. The Labute approximate surface area is 194 Å². The van der Waals surface area contributed by atoms with Crippen molar-refractivity contribution in [1.82, 2.24) is 9.88 Å². The van der Waals surface area contributed by atoms with E-state index < -0.39 is 17.7 Å². The normalized spacial score (nSPS) is 16.0. The summed E-state index contributed by atoms with van der Waals surface area (Å²) < 4.78 is 0. The summed E-state index contributed by atoms with van der Waals surface area (Å²) in [5, 5.41) is 10.8. The number of carbonyl (C=O) groups is 2. The molecule has 1 aliphatic rings. The van der Waals surface area contributed by atoms with Crippen molar-refractivity contribution in [3.8, 4) is 0 Å². The van der Waals surface area contributed by atoms with Gasteiger partial charge in [0, 0.05) is 25.4 Å². The zero-order chi connectivity index (χ0) is 23.4. The molecule has 0 radical (unpaired) electrons. The van der Waals surface area contributed by atoms with Gasteiger partial charge in [-0.2, -0.15) is 0 Å². The molecule has 0 bridgehead atoms. The lowest BCUT2D eigenvalue weighted by atomic mass is 9.91. The van der Waals surface area contributed by atoms with Crippen molar-refractivity contribution in [2.24, 2.45) is 0 Å². The molecule has 4 rings (SSSR count). The number of hydrogen-bond donors (Lipinski definition) is 1. The number of rotatable bonds is 8. The molecule has 1 atom stereocenters. The molecule has 2 aromatic carbocycles. The average Bonchev–Trinajstić information content (AvgIpc) is 3.09. The number of aryl methyl sites for hydroxylation is 1. The van der Waals surface area contributed by atoms with Crippen LogP contribution in [0.3, 0.4) is 0 Å². The summed E-state index contributed by atoms with van der Waals surface area (Å²) in [4.78, 5) is 32.1. The molecule has 1 unspecified atom stereocenters. The maximum Gasteiger partial charge on any atom is 0.290 e. The molecule has 0 fully saturated rings. The van der Waals surface area contributed by atoms with Gasteiger partial charge in [-0.1, -0.05) is 74.5 Å². The number of nitrogens with zero attached hydrogens (tertiary/aromatic N) is 2. The van der Waals surface area contributed by atoms with E-state index in [9.17, 15) is 14.7 Å². The number of benzene rings is 2. The number of Topliss-reactive ketones (excluding diaryl/α,β-unsaturated/α-hetero) is 1. The van der Waals surface area contributed by atoms with E-state index in [-0.39, 0.29) is 24.3 Å². The number of hydrogen-bond acceptors (Lipinski definition) is 4. The smallest absolute Gasteiger partial charge is 0.290 e. The van der Waals surface area contributed by atoms with Crippen LogP contribution in [0, 0.1) is 0 Å². The highest BCUT2D eigenvalue weighted by Crippen LogP contribution is 2.39. The second-order valence-electron chi connectivity index (χ2n) is 8.69. The Hall–Kier alpha value is -3.73. The fourth-order valence-electron chi connectivity index (χ4n) is 4.24. The number of pyridine rings is 1. The number of aliphatic hydroxyl groups is 1. The van der Waals surface area contributed by atoms with Crippen LogP contribution in [0.4, 0.5) is 0 Å². The van der Waals surface area contributed by atoms with E-state index in [1.807, 2.05) is 66.7 Å². The molecular formula is C28H28N2O3. The third-order valence-electron chi connectivity index (χ3n) is 6.08. The molecule has 0 spiro atoms. The summed E-state index contributed by atoms with van der Waals surface area (Å²) in [7, 11) is 0. The van der Waals surface area contributed by atoms with Gasteiger partial charge in [0.05, 0.1) is 11.6 Å². The maximum atomic E-state index is 13.3. The Bertz CT molecular complexity index is 1150. The molecule has 0 saturated carbocycles. The average molecular weight is 441 g/mol. The number of ketones is 1. The molecule has 1 aromatic heterocycles. The van der Waals surface area contributed by atoms with Gasteiger partial charge in [0.15, 0.2) is 11.5 Å². The third-order valence-corrected chi connectivity index (χ3v) is 6.08. The quantitative estimate of drug-likeness (QED) is 0.516. The first-order valence-corrected chi connectivity index (χ1v) is 11.3. The van der Waals surface area contributed by atoms with Crippen LogP contribution in [0.1, 0.15) is 54.5 Å². The molecule has 5 heteroatoms. The summed E-state index contributed by atoms with van der Waals surface area (Å²) in [6.07, 6.45) is 4.13. The Kier molecular flexibility index (Phi) is 6.68. The van der Waals surface area contributed by atoms with Gasteiger partial charge in [0.25, 0.3) is 5.91 Å². The Morgan fingerprint density at radius 1 is 1.00 bits per heavy atom. The Balaban J connectivity index is 1.67. The van der Waals surface area contributed by atoms with Crippen molar-refractivity contribution < 1.29 is 14.7 Å². The van der Waals surface area contributed by atoms with Gasteiger partial charge in [-0.25, -0.2) is 0 Å². The SMILES string of the molecule is CC(C)c1ccc(C2C(C(=O)CCc3ccccc3)=C(O)C(=O)N2Cc2cccnc2)cc1.